The van der Waals surface area contributed by atoms with Crippen LogP contribution in [0.15, 0.2) is 103 Å². The number of nitrogens with zero attached hydrogens (tertiary/aromatic N) is 3. The van der Waals surface area contributed by atoms with Crippen LogP contribution in [-0.2, 0) is 43.3 Å². The molecule has 0 radical (unpaired) electrons. The Morgan fingerprint density at radius 1 is 0.449 bits per heavy atom. The summed E-state index contributed by atoms with van der Waals surface area (Å²) in [5.74, 6) is 0. The minimum Gasteiger partial charge on any atom is -0.334 e. The van der Waals surface area contributed by atoms with Gasteiger partial charge in [-0.05, 0) is 230 Å². The molecule has 5 heteroatoms. The summed E-state index contributed by atoms with van der Waals surface area (Å²) in [4.78, 5) is 8.44. The van der Waals surface area contributed by atoms with Crippen LogP contribution in [0.25, 0.3) is 10.1 Å². The van der Waals surface area contributed by atoms with E-state index in [2.05, 4.69) is 233 Å². The molecule has 3 nitrogen and oxygen atoms in total. The largest absolute Gasteiger partial charge is 0.334 e. The SMILES string of the molecule is CC(C)(C)c1ccc(N2c3cc4c(cc3B3c5c2cc(N2c6ccccc6C6(C)CCCCC26C)cc5N(c2ccc5c(c2)C(C)(C)CCC5(C)C)c2sc5cc6c(cc5c23)C2(C)CCC6(C)C2)C(C)(C)CCC4(C)C)cc1. The lowest BCUT2D eigenvalue weighted by Crippen LogP contribution is -2.61. The minimum absolute atomic E-state index is 0.0202. The highest BCUT2D eigenvalue weighted by atomic mass is 32.1. The van der Waals surface area contributed by atoms with Gasteiger partial charge in [0.05, 0.1) is 10.5 Å². The Morgan fingerprint density at radius 3 is 1.69 bits per heavy atom. The molecule has 0 amide bonds. The van der Waals surface area contributed by atoms with Crippen LogP contribution in [0.5, 0.6) is 0 Å². The fourth-order valence-corrected chi connectivity index (χ4v) is 19.5. The van der Waals surface area contributed by atoms with Gasteiger partial charge in [-0.15, -0.1) is 11.3 Å². The van der Waals surface area contributed by atoms with E-state index in [-0.39, 0.29) is 55.6 Å². The molecule has 6 aromatic carbocycles. The maximum Gasteiger partial charge on any atom is 0.254 e. The summed E-state index contributed by atoms with van der Waals surface area (Å²) in [7, 11) is 0. The summed E-state index contributed by atoms with van der Waals surface area (Å²) >= 11 is 2.09. The zero-order valence-corrected chi connectivity index (χ0v) is 50.7. The number of fused-ring (bicyclic) bond motifs is 16. The predicted molar refractivity (Wildman–Crippen MR) is 336 cm³/mol. The number of rotatable bonds is 3. The Morgan fingerprint density at radius 2 is 1.03 bits per heavy atom. The van der Waals surface area contributed by atoms with Crippen LogP contribution < -0.4 is 31.1 Å². The summed E-state index contributed by atoms with van der Waals surface area (Å²) in [5, 5.41) is 2.89. The number of hydrogen-bond donors (Lipinski definition) is 0. The highest BCUT2D eigenvalue weighted by molar-refractivity contribution is 7.26. The van der Waals surface area contributed by atoms with Crippen molar-refractivity contribution in [2.75, 3.05) is 14.7 Å². The molecule has 2 bridgehead atoms. The fourth-order valence-electron chi connectivity index (χ4n) is 18.2. The summed E-state index contributed by atoms with van der Waals surface area (Å²) in [6.45, 7) is 37.6. The van der Waals surface area contributed by atoms with E-state index < -0.39 is 0 Å². The smallest absolute Gasteiger partial charge is 0.254 e. The zero-order chi connectivity index (χ0) is 54.4. The minimum atomic E-state index is -0.106. The van der Waals surface area contributed by atoms with E-state index in [0.717, 1.165) is 6.42 Å². The van der Waals surface area contributed by atoms with Gasteiger partial charge in [-0.25, -0.2) is 0 Å². The standard InChI is InChI=1S/C73H84BN3S/c1-65(2,3)44-22-24-45(25-23-44)75-58-41-53-52(68(8,9)32-33-69(53,10)11)40-56(58)74-62-48-39-54-55(71(13)35-34-70(54,12)43-71)42-61(48)78-64(62)76(46-26-27-49-51(36-46)67(6,7)31-30-66(49,4)5)60-38-47(37-59(75)63(60)74)77-57-21-17-16-20-50(57)72(14)28-18-19-29-73(72,77)15/h16-17,20-27,36-42H,18-19,28-35,43H2,1-15H3. The third kappa shape index (κ3) is 6.41. The van der Waals surface area contributed by atoms with Crippen molar-refractivity contribution in [2.45, 2.75) is 223 Å². The first-order chi connectivity index (χ1) is 36.7. The summed E-state index contributed by atoms with van der Waals surface area (Å²) < 4.78 is 1.45. The Labute approximate surface area is 472 Å². The Balaban J connectivity index is 1.10. The Bertz CT molecular complexity index is 3770. The first kappa shape index (κ1) is 49.8. The van der Waals surface area contributed by atoms with Crippen LogP contribution in [0.1, 0.15) is 219 Å². The van der Waals surface area contributed by atoms with Crippen molar-refractivity contribution >= 4 is 89.3 Å². The molecule has 4 heterocycles. The molecule has 400 valence electrons. The molecular formula is C73H84BN3S. The van der Waals surface area contributed by atoms with Gasteiger partial charge >= 0.3 is 0 Å². The van der Waals surface area contributed by atoms with Crippen LogP contribution in [0.4, 0.5) is 44.8 Å². The molecule has 0 saturated heterocycles. The topological polar surface area (TPSA) is 9.72 Å². The molecule has 5 aliphatic carbocycles. The highest BCUT2D eigenvalue weighted by Crippen LogP contribution is 2.64. The van der Waals surface area contributed by atoms with Gasteiger partial charge in [0.15, 0.2) is 0 Å². The maximum absolute atomic E-state index is 2.86. The van der Waals surface area contributed by atoms with Crippen LogP contribution in [0, 0.1) is 0 Å². The van der Waals surface area contributed by atoms with E-state index in [1.165, 1.54) is 163 Å². The second kappa shape index (κ2) is 15.4. The third-order valence-electron chi connectivity index (χ3n) is 23.4. The zero-order valence-electron chi connectivity index (χ0n) is 49.9. The van der Waals surface area contributed by atoms with Crippen LogP contribution >= 0.6 is 11.3 Å². The number of benzene rings is 6. The van der Waals surface area contributed by atoms with Crippen LogP contribution in [-0.4, -0.2) is 12.3 Å². The molecule has 1 aromatic heterocycles. The molecule has 4 atom stereocenters. The van der Waals surface area contributed by atoms with E-state index >= 15 is 0 Å². The Kier molecular flexibility index (Phi) is 9.82. The normalized spacial score (nSPS) is 27.9. The van der Waals surface area contributed by atoms with Gasteiger partial charge in [0.25, 0.3) is 6.71 Å². The summed E-state index contributed by atoms with van der Waals surface area (Å²) in [5.41, 5.74) is 26.6. The van der Waals surface area contributed by atoms with Gasteiger partial charge in [0.2, 0.25) is 0 Å². The number of para-hydroxylation sites is 1. The van der Waals surface area contributed by atoms with E-state index in [4.69, 9.17) is 0 Å². The van der Waals surface area contributed by atoms with Crippen molar-refractivity contribution < 1.29 is 0 Å². The maximum atomic E-state index is 2.86. The molecule has 2 fully saturated rings. The number of thiophene rings is 1. The molecule has 8 aliphatic rings. The van der Waals surface area contributed by atoms with Gasteiger partial charge in [-0.2, -0.15) is 0 Å². The van der Waals surface area contributed by atoms with Gasteiger partial charge < -0.3 is 14.7 Å². The van der Waals surface area contributed by atoms with Crippen molar-refractivity contribution in [2.24, 2.45) is 0 Å². The summed E-state index contributed by atoms with van der Waals surface area (Å²) in [6, 6.07) is 43.4. The lowest BCUT2D eigenvalue weighted by Gasteiger charge is -2.51. The highest BCUT2D eigenvalue weighted by Gasteiger charge is 2.59. The fraction of sp³-hybridized carbons (Fsp3) is 0.479. The molecule has 3 aliphatic heterocycles. The lowest BCUT2D eigenvalue weighted by molar-refractivity contribution is 0.195. The molecule has 78 heavy (non-hydrogen) atoms. The van der Waals surface area contributed by atoms with Crippen molar-refractivity contribution in [1.29, 1.82) is 0 Å². The second-order valence-corrected chi connectivity index (χ2v) is 32.2. The molecule has 0 N–H and O–H groups in total. The van der Waals surface area contributed by atoms with E-state index in [1.54, 1.807) is 16.7 Å². The molecule has 4 unspecified atom stereocenters. The van der Waals surface area contributed by atoms with Crippen LogP contribution in [0.3, 0.4) is 0 Å². The van der Waals surface area contributed by atoms with Gasteiger partial charge in [-0.3, -0.25) is 0 Å². The van der Waals surface area contributed by atoms with Crippen molar-refractivity contribution in [1.82, 2.24) is 0 Å². The molecule has 15 rings (SSSR count). The summed E-state index contributed by atoms with van der Waals surface area (Å²) in [6.07, 6.45) is 13.5. The average Bonchev–Trinajstić information content (AvgIpc) is 3.36. The van der Waals surface area contributed by atoms with E-state index in [9.17, 15) is 0 Å². The quantitative estimate of drug-likeness (QED) is 0.163. The van der Waals surface area contributed by atoms with Gasteiger partial charge in [0, 0.05) is 49.9 Å². The number of hydrogen-bond acceptors (Lipinski definition) is 4. The van der Waals surface area contributed by atoms with Gasteiger partial charge in [-0.1, -0.05) is 152 Å². The first-order valence-corrected chi connectivity index (χ1v) is 31.2. The lowest BCUT2D eigenvalue weighted by atomic mass is 9.33. The van der Waals surface area contributed by atoms with Crippen molar-refractivity contribution in [3.8, 4) is 0 Å². The third-order valence-corrected chi connectivity index (χ3v) is 24.6. The van der Waals surface area contributed by atoms with E-state index in [0.29, 0.717) is 0 Å². The van der Waals surface area contributed by atoms with Crippen molar-refractivity contribution in [3.05, 3.63) is 148 Å². The number of anilines is 8. The van der Waals surface area contributed by atoms with Crippen LogP contribution in [0.2, 0.25) is 0 Å². The van der Waals surface area contributed by atoms with Gasteiger partial charge in [0.1, 0.15) is 0 Å². The average molecular weight is 1050 g/mol. The van der Waals surface area contributed by atoms with E-state index in [1.807, 2.05) is 0 Å². The first-order valence-electron chi connectivity index (χ1n) is 30.4. The molecule has 7 aromatic rings. The molecule has 0 spiro atoms. The second-order valence-electron chi connectivity index (χ2n) is 31.2. The van der Waals surface area contributed by atoms with Crippen molar-refractivity contribution in [3.63, 3.8) is 0 Å². The predicted octanol–water partition coefficient (Wildman–Crippen LogP) is 18.4. The molecular weight excluding hydrogens is 962 g/mol. The monoisotopic (exact) mass is 1050 g/mol. The Hall–Kier alpha value is -5.26. The molecule has 2 saturated carbocycles.